The molecule has 43 heavy (non-hydrogen) atoms. The molecule has 6 nitrogen and oxygen atoms in total. The molecule has 3 aromatic rings. The Morgan fingerprint density at radius 1 is 0.907 bits per heavy atom. The molecule has 0 saturated carbocycles. The van der Waals surface area contributed by atoms with Crippen LogP contribution in [0.2, 0.25) is 18.1 Å². The molecular weight excluding hydrogens is 554 g/mol. The van der Waals surface area contributed by atoms with Crippen molar-refractivity contribution in [3.8, 4) is 5.75 Å². The van der Waals surface area contributed by atoms with Crippen molar-refractivity contribution in [3.63, 3.8) is 0 Å². The zero-order valence-corrected chi connectivity index (χ0v) is 28.2. The first-order chi connectivity index (χ1) is 20.2. The largest absolute Gasteiger partial charge is 0.489 e. The highest BCUT2D eigenvalue weighted by Crippen LogP contribution is 2.40. The Morgan fingerprint density at radius 3 is 2.19 bits per heavy atom. The molecule has 0 aliphatic heterocycles. The molecule has 0 bridgehead atoms. The van der Waals surface area contributed by atoms with Crippen molar-refractivity contribution in [2.75, 3.05) is 6.54 Å². The van der Waals surface area contributed by atoms with E-state index in [9.17, 15) is 15.0 Å². The zero-order chi connectivity index (χ0) is 31.8. The predicted octanol–water partition coefficient (Wildman–Crippen LogP) is 8.01. The quantitative estimate of drug-likeness (QED) is 0.152. The van der Waals surface area contributed by atoms with Gasteiger partial charge in [-0.2, -0.15) is 0 Å². The third-order valence-corrected chi connectivity index (χ3v) is 13.1. The average molecular weight is 606 g/mol. The Hall–Kier alpha value is -2.97. The number of carbonyl (C=O) groups is 1. The predicted molar refractivity (Wildman–Crippen MR) is 177 cm³/mol. The van der Waals surface area contributed by atoms with Gasteiger partial charge in [-0.15, -0.1) is 0 Å². The number of rotatable bonds is 15. The summed E-state index contributed by atoms with van der Waals surface area (Å²) in [5.41, 5.74) is 4.46. The number of nitrogens with one attached hydrogen (secondary N) is 1. The average Bonchev–Trinajstić information content (AvgIpc) is 2.94. The van der Waals surface area contributed by atoms with Crippen LogP contribution in [0.4, 0.5) is 0 Å². The normalized spacial score (nSPS) is 13.9. The molecule has 2 atom stereocenters. The van der Waals surface area contributed by atoms with Crippen LogP contribution in [-0.4, -0.2) is 36.6 Å². The Bertz CT molecular complexity index is 1330. The fourth-order valence-corrected chi connectivity index (χ4v) is 6.26. The first kappa shape index (κ1) is 34.5. The standard InChI is InChI=1S/C36H51NO5Si/c1-9-31(34(39)40)28-17-13-16-27(20-28)22-36(5,6)37-23-33(42-43(7,8)35(2,3)4)29-18-19-32(30(21-29)24-38)41-25-26-14-11-10-12-15-26/h10-21,31,33,37-38H,9,22-25H2,1-8H3,(H,39,40)/t31?,33-/m0/s1. The highest BCUT2D eigenvalue weighted by Gasteiger charge is 2.40. The first-order valence-corrected chi connectivity index (χ1v) is 18.2. The van der Waals surface area contributed by atoms with E-state index < -0.39 is 20.2 Å². The maximum atomic E-state index is 11.7. The van der Waals surface area contributed by atoms with Crippen LogP contribution >= 0.6 is 0 Å². The highest BCUT2D eigenvalue weighted by molar-refractivity contribution is 6.74. The number of hydrogen-bond acceptors (Lipinski definition) is 5. The third kappa shape index (κ3) is 9.76. The van der Waals surface area contributed by atoms with E-state index in [2.05, 4.69) is 59.1 Å². The summed E-state index contributed by atoms with van der Waals surface area (Å²) >= 11 is 0. The maximum absolute atomic E-state index is 11.7. The van der Waals surface area contributed by atoms with Gasteiger partial charge in [0.1, 0.15) is 12.4 Å². The van der Waals surface area contributed by atoms with Gasteiger partial charge in [-0.3, -0.25) is 4.79 Å². The fraction of sp³-hybridized carbons (Fsp3) is 0.472. The number of aliphatic hydroxyl groups is 1. The molecule has 0 radical (unpaired) electrons. The van der Waals surface area contributed by atoms with E-state index in [1.807, 2.05) is 73.7 Å². The van der Waals surface area contributed by atoms with E-state index in [0.717, 1.165) is 34.2 Å². The Balaban J connectivity index is 1.83. The molecule has 3 rings (SSSR count). The van der Waals surface area contributed by atoms with E-state index in [4.69, 9.17) is 9.16 Å². The minimum absolute atomic E-state index is 0.0275. The van der Waals surface area contributed by atoms with Crippen LogP contribution in [0.25, 0.3) is 0 Å². The monoisotopic (exact) mass is 605 g/mol. The summed E-state index contributed by atoms with van der Waals surface area (Å²) in [5, 5.41) is 23.7. The number of aliphatic carboxylic acids is 1. The fourth-order valence-electron chi connectivity index (χ4n) is 4.97. The Kier molecular flexibility index (Phi) is 11.8. The number of ether oxygens (including phenoxy) is 1. The lowest BCUT2D eigenvalue weighted by Gasteiger charge is -2.40. The molecule has 0 saturated heterocycles. The zero-order valence-electron chi connectivity index (χ0n) is 27.2. The molecule has 1 unspecified atom stereocenters. The molecule has 0 spiro atoms. The molecule has 234 valence electrons. The van der Waals surface area contributed by atoms with Crippen molar-refractivity contribution >= 4 is 14.3 Å². The van der Waals surface area contributed by atoms with E-state index in [1.54, 1.807) is 0 Å². The Morgan fingerprint density at radius 2 is 1.58 bits per heavy atom. The molecule has 0 aliphatic carbocycles. The van der Waals surface area contributed by atoms with Gasteiger partial charge < -0.3 is 24.7 Å². The first-order valence-electron chi connectivity index (χ1n) is 15.3. The summed E-state index contributed by atoms with van der Waals surface area (Å²) in [5.74, 6) is -0.624. The summed E-state index contributed by atoms with van der Waals surface area (Å²) < 4.78 is 13.1. The van der Waals surface area contributed by atoms with Crippen molar-refractivity contribution in [2.45, 2.75) is 103 Å². The number of aliphatic hydroxyl groups excluding tert-OH is 1. The Labute approximate surface area is 259 Å². The van der Waals surface area contributed by atoms with Gasteiger partial charge in [0.2, 0.25) is 0 Å². The summed E-state index contributed by atoms with van der Waals surface area (Å²) in [4.78, 5) is 11.7. The van der Waals surface area contributed by atoms with Gasteiger partial charge >= 0.3 is 5.97 Å². The van der Waals surface area contributed by atoms with Crippen LogP contribution in [-0.2, 0) is 28.9 Å². The summed E-state index contributed by atoms with van der Waals surface area (Å²) in [7, 11) is -2.15. The van der Waals surface area contributed by atoms with Crippen LogP contribution in [0.3, 0.4) is 0 Å². The maximum Gasteiger partial charge on any atom is 0.310 e. The van der Waals surface area contributed by atoms with Gasteiger partial charge in [-0.25, -0.2) is 0 Å². The van der Waals surface area contributed by atoms with Crippen molar-refractivity contribution in [1.29, 1.82) is 0 Å². The number of carboxylic acids is 1. The van der Waals surface area contributed by atoms with Gasteiger partial charge in [0.05, 0.1) is 18.6 Å². The summed E-state index contributed by atoms with van der Waals surface area (Å²) in [6.07, 6.45) is 1.06. The number of benzene rings is 3. The minimum atomic E-state index is -2.15. The highest BCUT2D eigenvalue weighted by atomic mass is 28.4. The topological polar surface area (TPSA) is 88.0 Å². The second-order valence-corrected chi connectivity index (χ2v) is 18.4. The second-order valence-electron chi connectivity index (χ2n) is 13.7. The molecule has 0 heterocycles. The SMILES string of the molecule is CCC(C(=O)O)c1cccc(CC(C)(C)NC[C@H](O[Si](C)(C)C(C)(C)C)c2ccc(OCc3ccccc3)c(CO)c2)c1. The molecule has 0 aliphatic rings. The van der Waals surface area contributed by atoms with E-state index in [0.29, 0.717) is 25.3 Å². The minimum Gasteiger partial charge on any atom is -0.489 e. The summed E-state index contributed by atoms with van der Waals surface area (Å²) in [6.45, 7) is 18.3. The second kappa shape index (κ2) is 14.7. The van der Waals surface area contributed by atoms with E-state index in [1.165, 1.54) is 0 Å². The molecule has 3 N–H and O–H groups in total. The smallest absolute Gasteiger partial charge is 0.310 e. The molecule has 7 heteroatoms. The third-order valence-electron chi connectivity index (χ3n) is 8.58. The molecule has 0 fully saturated rings. The van der Waals surface area contributed by atoms with Crippen LogP contribution < -0.4 is 10.1 Å². The van der Waals surface area contributed by atoms with Crippen LogP contribution in [0.5, 0.6) is 5.75 Å². The van der Waals surface area contributed by atoms with Crippen molar-refractivity contribution in [1.82, 2.24) is 5.32 Å². The number of hydrogen-bond donors (Lipinski definition) is 3. The van der Waals surface area contributed by atoms with Gasteiger partial charge in [0, 0.05) is 17.6 Å². The molecule has 3 aromatic carbocycles. The van der Waals surface area contributed by atoms with Crippen LogP contribution in [0.15, 0.2) is 72.8 Å². The lowest BCUT2D eigenvalue weighted by atomic mass is 9.90. The van der Waals surface area contributed by atoms with Crippen molar-refractivity contribution in [3.05, 3.63) is 101 Å². The van der Waals surface area contributed by atoms with Gasteiger partial charge in [0.25, 0.3) is 0 Å². The van der Waals surface area contributed by atoms with Crippen LogP contribution in [0, 0.1) is 0 Å². The summed E-state index contributed by atoms with van der Waals surface area (Å²) in [6, 6.07) is 23.9. The van der Waals surface area contributed by atoms with Gasteiger partial charge in [-0.05, 0) is 79.2 Å². The lowest BCUT2D eigenvalue weighted by Crippen LogP contribution is -2.47. The van der Waals surface area contributed by atoms with Gasteiger partial charge in [0.15, 0.2) is 8.32 Å². The lowest BCUT2D eigenvalue weighted by molar-refractivity contribution is -0.138. The van der Waals surface area contributed by atoms with Crippen molar-refractivity contribution in [2.24, 2.45) is 0 Å². The molecule has 0 aromatic heterocycles. The van der Waals surface area contributed by atoms with Gasteiger partial charge in [-0.1, -0.05) is 88.4 Å². The van der Waals surface area contributed by atoms with E-state index >= 15 is 0 Å². The van der Waals surface area contributed by atoms with Crippen LogP contribution in [0.1, 0.15) is 87.8 Å². The molecular formula is C36H51NO5Si. The number of carboxylic acid groups (broad SMARTS) is 1. The van der Waals surface area contributed by atoms with E-state index in [-0.39, 0.29) is 23.3 Å². The molecule has 0 amide bonds. The van der Waals surface area contributed by atoms with Crippen molar-refractivity contribution < 1.29 is 24.2 Å².